The lowest BCUT2D eigenvalue weighted by molar-refractivity contribution is 1.28. The van der Waals surface area contributed by atoms with Gasteiger partial charge in [0.1, 0.15) is 0 Å². The van der Waals surface area contributed by atoms with Crippen molar-refractivity contribution in [1.82, 2.24) is 0 Å². The van der Waals surface area contributed by atoms with Crippen LogP contribution >= 0.6 is 0 Å². The molecule has 0 aliphatic heterocycles. The van der Waals surface area contributed by atoms with Gasteiger partial charge in [-0.2, -0.15) is 0 Å². The Balaban J connectivity index is 0.659. The smallest absolute Gasteiger partial charge is 0.0540 e. The van der Waals surface area contributed by atoms with Crippen molar-refractivity contribution in [1.29, 1.82) is 0 Å². The first-order valence-corrected chi connectivity index (χ1v) is 30.7. The van der Waals surface area contributed by atoms with Gasteiger partial charge in [0.05, 0.1) is 11.4 Å². The number of nitrogens with zero attached hydrogens (tertiary/aromatic N) is 4. The van der Waals surface area contributed by atoms with Gasteiger partial charge in [0, 0.05) is 67.6 Å². The molecule has 0 saturated carbocycles. The van der Waals surface area contributed by atoms with Crippen LogP contribution in [0, 0.1) is 0 Å². The van der Waals surface area contributed by atoms with E-state index in [2.05, 4.69) is 396 Å². The zero-order valence-electron chi connectivity index (χ0n) is 49.6. The molecule has 0 saturated heterocycles. The van der Waals surface area contributed by atoms with Gasteiger partial charge in [0.2, 0.25) is 0 Å². The van der Waals surface area contributed by atoms with Crippen molar-refractivity contribution in [2.24, 2.45) is 0 Å². The Hall–Kier alpha value is -12.0. The quantitative estimate of drug-likeness (QED) is 0.0956. The topological polar surface area (TPSA) is 13.0 Å². The largest absolute Gasteiger partial charge is 0.311 e. The highest BCUT2D eigenvalue weighted by molar-refractivity contribution is 6.00. The average Bonchev–Trinajstić information content (AvgIpc) is 2.04. The maximum absolute atomic E-state index is 2.35. The minimum atomic E-state index is 1.08. The third-order valence-corrected chi connectivity index (χ3v) is 17.0. The van der Waals surface area contributed by atoms with E-state index in [-0.39, 0.29) is 0 Å². The fourth-order valence-corrected chi connectivity index (χ4v) is 12.6. The molecule has 15 aromatic carbocycles. The molecule has 0 amide bonds. The van der Waals surface area contributed by atoms with E-state index in [1.807, 2.05) is 0 Å². The molecule has 0 aliphatic rings. The van der Waals surface area contributed by atoms with Gasteiger partial charge < -0.3 is 19.6 Å². The lowest BCUT2D eigenvalue weighted by atomic mass is 9.98. The predicted octanol–water partition coefficient (Wildman–Crippen LogP) is 24.5. The molecule has 0 N–H and O–H groups in total. The molecule has 0 radical (unpaired) electrons. The van der Waals surface area contributed by atoms with Crippen LogP contribution in [0.4, 0.5) is 68.2 Å². The van der Waals surface area contributed by atoms with Gasteiger partial charge in [0.25, 0.3) is 0 Å². The molecule has 15 rings (SSSR count). The molecule has 426 valence electrons. The molecule has 0 heterocycles. The summed E-state index contributed by atoms with van der Waals surface area (Å²) in [6.45, 7) is 0. The Bertz CT molecular complexity index is 4560. The van der Waals surface area contributed by atoms with Gasteiger partial charge in [-0.25, -0.2) is 0 Å². The second-order valence-corrected chi connectivity index (χ2v) is 22.5. The van der Waals surface area contributed by atoms with Gasteiger partial charge in [-0.3, -0.25) is 0 Å². The summed E-state index contributed by atoms with van der Waals surface area (Å²) in [6.07, 6.45) is 0. The van der Waals surface area contributed by atoms with Crippen LogP contribution in [0.25, 0.3) is 66.1 Å². The third kappa shape index (κ3) is 11.1. The van der Waals surface area contributed by atoms with Gasteiger partial charge >= 0.3 is 0 Å². The van der Waals surface area contributed by atoms with Crippen LogP contribution in [-0.2, 0) is 0 Å². The van der Waals surface area contributed by atoms with Crippen LogP contribution in [0.3, 0.4) is 0 Å². The standard InChI is InChI=1S/C86H62N4/c1-5-26-73(27-6-1)87(77-50-38-63(39-51-77)65-42-58-81(59-43-65)89(75-30-9-3-10-31-75)85-36-18-22-69-20-13-15-34-83(69)85)79-54-46-67(47-55-79)71-24-17-25-72(62-71)68-48-56-80(57-49-68)88(74-28-7-2-8-29-74)78-52-40-64(41-53-78)66-44-60-82(61-45-66)90(76-32-11-4-12-33-76)86-37-19-23-70-21-14-16-35-84(70)86/h1-62H. The van der Waals surface area contributed by atoms with Crippen LogP contribution in [0.15, 0.2) is 376 Å². The van der Waals surface area contributed by atoms with Crippen LogP contribution in [-0.4, -0.2) is 0 Å². The van der Waals surface area contributed by atoms with Crippen molar-refractivity contribution in [3.05, 3.63) is 376 Å². The summed E-state index contributed by atoms with van der Waals surface area (Å²) in [5, 5.41) is 4.85. The molecule has 0 bridgehead atoms. The zero-order valence-corrected chi connectivity index (χ0v) is 49.6. The summed E-state index contributed by atoms with van der Waals surface area (Å²) >= 11 is 0. The summed E-state index contributed by atoms with van der Waals surface area (Å²) < 4.78 is 0. The Morgan fingerprint density at radius 2 is 0.344 bits per heavy atom. The van der Waals surface area contributed by atoms with Crippen molar-refractivity contribution in [2.45, 2.75) is 0 Å². The van der Waals surface area contributed by atoms with Crippen molar-refractivity contribution in [2.75, 3.05) is 19.6 Å². The Morgan fingerprint density at radius 1 is 0.133 bits per heavy atom. The summed E-state index contributed by atoms with van der Waals surface area (Å²) in [7, 11) is 0. The van der Waals surface area contributed by atoms with Crippen molar-refractivity contribution in [3.8, 4) is 44.5 Å². The summed E-state index contributed by atoms with van der Waals surface area (Å²) in [4.78, 5) is 9.36. The second kappa shape index (κ2) is 24.8. The predicted molar refractivity (Wildman–Crippen MR) is 382 cm³/mol. The first kappa shape index (κ1) is 54.7. The molecule has 90 heavy (non-hydrogen) atoms. The minimum Gasteiger partial charge on any atom is -0.311 e. The van der Waals surface area contributed by atoms with E-state index in [4.69, 9.17) is 0 Å². The Kier molecular flexibility index (Phi) is 15.0. The molecule has 4 heteroatoms. The molecule has 0 fully saturated rings. The van der Waals surface area contributed by atoms with Crippen molar-refractivity contribution in [3.63, 3.8) is 0 Å². The van der Waals surface area contributed by atoms with E-state index in [1.54, 1.807) is 0 Å². The molecular weight excluding hydrogens is 1090 g/mol. The molecule has 0 aliphatic carbocycles. The lowest BCUT2D eigenvalue weighted by Crippen LogP contribution is -2.10. The minimum absolute atomic E-state index is 1.08. The summed E-state index contributed by atoms with van der Waals surface area (Å²) in [6, 6.07) is 135. The number of fused-ring (bicyclic) bond motifs is 2. The Labute approximate surface area is 527 Å². The first-order valence-electron chi connectivity index (χ1n) is 30.7. The number of benzene rings is 15. The maximum Gasteiger partial charge on any atom is 0.0540 e. The van der Waals surface area contributed by atoms with Gasteiger partial charge in [-0.15, -0.1) is 0 Å². The summed E-state index contributed by atoms with van der Waals surface area (Å²) in [5.41, 5.74) is 22.5. The van der Waals surface area contributed by atoms with Crippen LogP contribution in [0.1, 0.15) is 0 Å². The fraction of sp³-hybridized carbons (Fsp3) is 0. The molecule has 0 spiro atoms. The maximum atomic E-state index is 2.35. The van der Waals surface area contributed by atoms with E-state index < -0.39 is 0 Å². The van der Waals surface area contributed by atoms with E-state index in [0.717, 1.165) is 113 Å². The van der Waals surface area contributed by atoms with Crippen LogP contribution in [0.5, 0.6) is 0 Å². The number of hydrogen-bond acceptors (Lipinski definition) is 4. The molecule has 15 aromatic rings. The molecule has 4 nitrogen and oxygen atoms in total. The highest BCUT2D eigenvalue weighted by atomic mass is 15.2. The fourth-order valence-electron chi connectivity index (χ4n) is 12.6. The van der Waals surface area contributed by atoms with E-state index >= 15 is 0 Å². The van der Waals surface area contributed by atoms with Gasteiger partial charge in [-0.05, 0) is 195 Å². The van der Waals surface area contributed by atoms with E-state index in [1.165, 1.54) is 21.5 Å². The van der Waals surface area contributed by atoms with Gasteiger partial charge in [0.15, 0.2) is 0 Å². The SMILES string of the molecule is c1ccc(N(c2ccc(-c3ccc(N(c4ccccc4)c4cccc5ccccc45)cc3)cc2)c2ccc(-c3cccc(-c4ccc(N(c5ccccc5)c5ccc(-c6ccc(N(c7ccccc7)c7cccc8ccccc78)cc6)cc5)cc4)c3)cc2)cc1. The third-order valence-electron chi connectivity index (χ3n) is 17.0. The highest BCUT2D eigenvalue weighted by Gasteiger charge is 2.20. The second-order valence-electron chi connectivity index (χ2n) is 22.5. The zero-order chi connectivity index (χ0) is 60.0. The normalized spacial score (nSPS) is 11.1. The molecule has 0 atom stereocenters. The van der Waals surface area contributed by atoms with Crippen molar-refractivity contribution >= 4 is 89.8 Å². The van der Waals surface area contributed by atoms with Gasteiger partial charge in [-0.1, -0.05) is 237 Å². The molecule has 0 aromatic heterocycles. The average molecular weight is 1150 g/mol. The summed E-state index contributed by atoms with van der Waals surface area (Å²) in [5.74, 6) is 0. The first-order chi connectivity index (χ1) is 44.6. The monoisotopic (exact) mass is 1150 g/mol. The highest BCUT2D eigenvalue weighted by Crippen LogP contribution is 2.44. The van der Waals surface area contributed by atoms with Crippen LogP contribution in [0.2, 0.25) is 0 Å². The molecule has 0 unspecified atom stereocenters. The number of hydrogen-bond donors (Lipinski definition) is 0. The number of anilines is 12. The number of rotatable bonds is 16. The molecular formula is C86H62N4. The van der Waals surface area contributed by atoms with Crippen LogP contribution < -0.4 is 19.6 Å². The van der Waals surface area contributed by atoms with Crippen molar-refractivity contribution < 1.29 is 0 Å². The van der Waals surface area contributed by atoms with E-state index in [9.17, 15) is 0 Å². The number of para-hydroxylation sites is 4. The van der Waals surface area contributed by atoms with E-state index in [0.29, 0.717) is 0 Å². The Morgan fingerprint density at radius 3 is 0.644 bits per heavy atom. The lowest BCUT2D eigenvalue weighted by Gasteiger charge is -2.27.